The molecule has 1 N–H and O–H groups in total. The zero-order valence-corrected chi connectivity index (χ0v) is 19.9. The quantitative estimate of drug-likeness (QED) is 0.510. The second-order valence-electron chi connectivity index (χ2n) is 8.13. The lowest BCUT2D eigenvalue weighted by Gasteiger charge is -2.33. The smallest absolute Gasteiger partial charge is 0.261 e. The van der Waals surface area contributed by atoms with E-state index in [9.17, 15) is 9.59 Å². The molecule has 2 amide bonds. The molecule has 0 bridgehead atoms. The van der Waals surface area contributed by atoms with E-state index >= 15 is 0 Å². The third-order valence-electron chi connectivity index (χ3n) is 5.80. The zero-order chi connectivity index (χ0) is 22.9. The summed E-state index contributed by atoms with van der Waals surface area (Å²) in [7, 11) is 0. The highest BCUT2D eigenvalue weighted by Crippen LogP contribution is 2.24. The molecule has 172 valence electrons. The number of nitrogens with one attached hydrogen (secondary N) is 1. The van der Waals surface area contributed by atoms with Crippen molar-refractivity contribution < 1.29 is 14.3 Å². The predicted octanol–water partition coefficient (Wildman–Crippen LogP) is 5.63. The normalized spacial score (nSPS) is 15.1. The molecule has 1 saturated carbocycles. The molecule has 1 unspecified atom stereocenters. The molecule has 32 heavy (non-hydrogen) atoms. The van der Waals surface area contributed by atoms with Gasteiger partial charge in [-0.2, -0.15) is 0 Å². The molecule has 2 aromatic carbocycles. The van der Waals surface area contributed by atoms with E-state index in [1.165, 1.54) is 6.42 Å². The summed E-state index contributed by atoms with van der Waals surface area (Å²) >= 11 is 12.4. The highest BCUT2D eigenvalue weighted by molar-refractivity contribution is 6.35. The number of hydrogen-bond acceptors (Lipinski definition) is 3. The average Bonchev–Trinajstić information content (AvgIpc) is 2.80. The first-order valence-electron chi connectivity index (χ1n) is 11.2. The molecule has 0 aromatic heterocycles. The van der Waals surface area contributed by atoms with E-state index in [2.05, 4.69) is 5.32 Å². The number of hydrogen-bond donors (Lipinski definition) is 1. The Balaban J connectivity index is 1.78. The highest BCUT2D eigenvalue weighted by atomic mass is 35.5. The van der Waals surface area contributed by atoms with Crippen molar-refractivity contribution in [3.05, 3.63) is 64.1 Å². The SMILES string of the molecule is CCC(C(=O)NC1CCCCC1)N(Cc1ccc(Cl)cc1Cl)C(=O)COc1ccccc1. The van der Waals surface area contributed by atoms with Gasteiger partial charge in [0.1, 0.15) is 11.8 Å². The topological polar surface area (TPSA) is 58.6 Å². The molecule has 0 saturated heterocycles. The fraction of sp³-hybridized carbons (Fsp3) is 0.440. The first kappa shape index (κ1) is 24.4. The minimum absolute atomic E-state index is 0.127. The molecule has 0 aliphatic heterocycles. The van der Waals surface area contributed by atoms with Crippen molar-refractivity contribution in [2.24, 2.45) is 0 Å². The van der Waals surface area contributed by atoms with E-state index in [0.717, 1.165) is 31.2 Å². The highest BCUT2D eigenvalue weighted by Gasteiger charge is 2.31. The molecule has 1 aliphatic carbocycles. The number of halogens is 2. The molecule has 1 atom stereocenters. The van der Waals surface area contributed by atoms with Gasteiger partial charge >= 0.3 is 0 Å². The maximum atomic E-state index is 13.2. The summed E-state index contributed by atoms with van der Waals surface area (Å²) in [6, 6.07) is 13.9. The van der Waals surface area contributed by atoms with Gasteiger partial charge in [-0.3, -0.25) is 9.59 Å². The summed E-state index contributed by atoms with van der Waals surface area (Å²) in [6.45, 7) is 1.94. The largest absolute Gasteiger partial charge is 0.484 e. The molecule has 1 fully saturated rings. The number of amides is 2. The molecular weight excluding hydrogens is 447 g/mol. The molecule has 0 radical (unpaired) electrons. The summed E-state index contributed by atoms with van der Waals surface area (Å²) in [6.07, 6.45) is 5.90. The van der Waals surface area contributed by atoms with Crippen LogP contribution in [0.5, 0.6) is 5.75 Å². The van der Waals surface area contributed by atoms with Crippen LogP contribution >= 0.6 is 23.2 Å². The lowest BCUT2D eigenvalue weighted by Crippen LogP contribution is -2.52. The van der Waals surface area contributed by atoms with Gasteiger partial charge in [0.15, 0.2) is 6.61 Å². The minimum Gasteiger partial charge on any atom is -0.484 e. The van der Waals surface area contributed by atoms with Crippen molar-refractivity contribution in [2.45, 2.75) is 64.1 Å². The number of nitrogens with zero attached hydrogens (tertiary/aromatic N) is 1. The van der Waals surface area contributed by atoms with Gasteiger partial charge in [0, 0.05) is 22.6 Å². The van der Waals surface area contributed by atoms with Gasteiger partial charge in [-0.15, -0.1) is 0 Å². The maximum Gasteiger partial charge on any atom is 0.261 e. The number of carbonyl (C=O) groups excluding carboxylic acids is 2. The van der Waals surface area contributed by atoms with E-state index in [0.29, 0.717) is 22.2 Å². The van der Waals surface area contributed by atoms with Crippen LogP contribution in [0.1, 0.15) is 51.0 Å². The van der Waals surface area contributed by atoms with Crippen LogP contribution in [-0.2, 0) is 16.1 Å². The van der Waals surface area contributed by atoms with Crippen LogP contribution < -0.4 is 10.1 Å². The maximum absolute atomic E-state index is 13.2. The standard InChI is InChI=1S/C25H30Cl2N2O3/c1-2-23(25(31)28-20-9-5-3-6-10-20)29(16-18-13-14-19(26)15-22(18)27)24(30)17-32-21-11-7-4-8-12-21/h4,7-8,11-15,20,23H,2-3,5-6,9-10,16-17H2,1H3,(H,28,31). The van der Waals surface area contributed by atoms with Crippen LogP contribution in [-0.4, -0.2) is 35.4 Å². The second-order valence-corrected chi connectivity index (χ2v) is 8.97. The van der Waals surface area contributed by atoms with Gasteiger partial charge in [0.05, 0.1) is 0 Å². The fourth-order valence-electron chi connectivity index (χ4n) is 4.04. The monoisotopic (exact) mass is 476 g/mol. The van der Waals surface area contributed by atoms with Gasteiger partial charge < -0.3 is 15.0 Å². The van der Waals surface area contributed by atoms with Crippen LogP contribution in [0.3, 0.4) is 0 Å². The number of carbonyl (C=O) groups is 2. The number of rotatable bonds is 9. The fourth-order valence-corrected chi connectivity index (χ4v) is 4.51. The van der Waals surface area contributed by atoms with Crippen molar-refractivity contribution in [2.75, 3.05) is 6.61 Å². The molecule has 5 nitrogen and oxygen atoms in total. The van der Waals surface area contributed by atoms with Gasteiger partial charge in [-0.1, -0.05) is 73.7 Å². The van der Waals surface area contributed by atoms with Crippen LogP contribution in [0.25, 0.3) is 0 Å². The third kappa shape index (κ3) is 6.88. The van der Waals surface area contributed by atoms with E-state index in [4.69, 9.17) is 27.9 Å². The predicted molar refractivity (Wildman–Crippen MR) is 128 cm³/mol. The Morgan fingerprint density at radius 1 is 1.09 bits per heavy atom. The minimum atomic E-state index is -0.615. The van der Waals surface area contributed by atoms with E-state index in [1.807, 2.05) is 25.1 Å². The van der Waals surface area contributed by atoms with Crippen molar-refractivity contribution in [1.29, 1.82) is 0 Å². The molecule has 0 spiro atoms. The van der Waals surface area contributed by atoms with Gasteiger partial charge in [0.2, 0.25) is 5.91 Å². The number of para-hydroxylation sites is 1. The Kier molecular flexibility index (Phi) is 9.24. The molecular formula is C25H30Cl2N2O3. The Hall–Kier alpha value is -2.24. The molecule has 7 heteroatoms. The van der Waals surface area contributed by atoms with Crippen molar-refractivity contribution in [3.63, 3.8) is 0 Å². The molecule has 2 aromatic rings. The number of ether oxygens (including phenoxy) is 1. The van der Waals surface area contributed by atoms with Crippen LogP contribution in [0, 0.1) is 0 Å². The Morgan fingerprint density at radius 2 is 1.81 bits per heavy atom. The van der Waals surface area contributed by atoms with Crippen LogP contribution in [0.15, 0.2) is 48.5 Å². The van der Waals surface area contributed by atoms with Crippen LogP contribution in [0.4, 0.5) is 0 Å². The van der Waals surface area contributed by atoms with E-state index < -0.39 is 6.04 Å². The summed E-state index contributed by atoms with van der Waals surface area (Å²) in [5, 5.41) is 4.14. The molecule has 0 heterocycles. The average molecular weight is 477 g/mol. The van der Waals surface area contributed by atoms with Gasteiger partial charge in [0.25, 0.3) is 5.91 Å². The first-order valence-corrected chi connectivity index (χ1v) is 11.9. The summed E-state index contributed by atoms with van der Waals surface area (Å²) in [5.41, 5.74) is 0.730. The van der Waals surface area contributed by atoms with Crippen molar-refractivity contribution in [1.82, 2.24) is 10.2 Å². The zero-order valence-electron chi connectivity index (χ0n) is 18.4. The summed E-state index contributed by atoms with van der Waals surface area (Å²) in [4.78, 5) is 28.0. The third-order valence-corrected chi connectivity index (χ3v) is 6.39. The first-order chi connectivity index (χ1) is 15.5. The van der Waals surface area contributed by atoms with Gasteiger partial charge in [-0.05, 0) is 49.1 Å². The number of benzene rings is 2. The Morgan fingerprint density at radius 3 is 2.47 bits per heavy atom. The van der Waals surface area contributed by atoms with Crippen LogP contribution in [0.2, 0.25) is 10.0 Å². The second kappa shape index (κ2) is 12.1. The van der Waals surface area contributed by atoms with Crippen molar-refractivity contribution in [3.8, 4) is 5.75 Å². The molecule has 1 aliphatic rings. The lowest BCUT2D eigenvalue weighted by atomic mass is 9.95. The van der Waals surface area contributed by atoms with E-state index in [-0.39, 0.29) is 31.0 Å². The lowest BCUT2D eigenvalue weighted by molar-refractivity contribution is -0.143. The Bertz CT molecular complexity index is 901. The van der Waals surface area contributed by atoms with E-state index in [1.54, 1.807) is 35.2 Å². The Labute approximate surface area is 200 Å². The van der Waals surface area contributed by atoms with Crippen molar-refractivity contribution >= 4 is 35.0 Å². The van der Waals surface area contributed by atoms with Gasteiger partial charge in [-0.25, -0.2) is 0 Å². The molecule has 3 rings (SSSR count). The summed E-state index contributed by atoms with van der Waals surface area (Å²) in [5.74, 6) is 0.202. The summed E-state index contributed by atoms with van der Waals surface area (Å²) < 4.78 is 5.68.